The van der Waals surface area contributed by atoms with Gasteiger partial charge in [0.15, 0.2) is 22.1 Å². The van der Waals surface area contributed by atoms with Crippen molar-refractivity contribution in [1.82, 2.24) is 19.6 Å². The van der Waals surface area contributed by atoms with E-state index in [-0.39, 0.29) is 17.3 Å². The summed E-state index contributed by atoms with van der Waals surface area (Å²) in [7, 11) is -3.16. The average molecular weight is 449 g/mol. The van der Waals surface area contributed by atoms with Crippen LogP contribution < -0.4 is 5.32 Å². The molecule has 3 rings (SSSR count). The fourth-order valence-corrected chi connectivity index (χ4v) is 4.65. The lowest BCUT2D eigenvalue weighted by Gasteiger charge is -2.13. The van der Waals surface area contributed by atoms with Crippen molar-refractivity contribution in [3.63, 3.8) is 0 Å². The number of carbonyl (C=O) groups excluding carboxylic acids is 2. The SMILES string of the molecule is Cc1cc(NC(=O)COC(=O)Cn2ccc(C(F)(F)F)n2)n(C2CCS(=O)(=O)C2)n1. The topological polar surface area (TPSA) is 125 Å². The zero-order valence-electron chi connectivity index (χ0n) is 15.7. The van der Waals surface area contributed by atoms with Crippen molar-refractivity contribution in [3.05, 3.63) is 29.7 Å². The number of alkyl halides is 3. The smallest absolute Gasteiger partial charge is 0.435 e. The highest BCUT2D eigenvalue weighted by molar-refractivity contribution is 7.91. The van der Waals surface area contributed by atoms with Crippen LogP contribution in [0.2, 0.25) is 0 Å². The molecule has 2 aromatic heterocycles. The maximum absolute atomic E-state index is 12.5. The molecule has 0 radical (unpaired) electrons. The molecule has 0 spiro atoms. The lowest BCUT2D eigenvalue weighted by Crippen LogP contribution is -2.25. The van der Waals surface area contributed by atoms with Crippen LogP contribution in [0.15, 0.2) is 18.3 Å². The van der Waals surface area contributed by atoms with Crippen LogP contribution >= 0.6 is 0 Å². The molecule has 30 heavy (non-hydrogen) atoms. The number of nitrogens with one attached hydrogen (secondary N) is 1. The molecule has 1 amide bonds. The minimum absolute atomic E-state index is 0.0328. The number of ether oxygens (including phenoxy) is 1. The van der Waals surface area contributed by atoms with Crippen LogP contribution in [0, 0.1) is 6.92 Å². The number of nitrogens with zero attached hydrogens (tertiary/aromatic N) is 4. The van der Waals surface area contributed by atoms with Gasteiger partial charge in [-0.15, -0.1) is 0 Å². The normalized spacial score (nSPS) is 18.3. The van der Waals surface area contributed by atoms with Gasteiger partial charge in [0, 0.05) is 12.3 Å². The van der Waals surface area contributed by atoms with Gasteiger partial charge in [-0.05, 0) is 19.4 Å². The second-order valence-corrected chi connectivity index (χ2v) is 9.01. The molecule has 0 aliphatic carbocycles. The van der Waals surface area contributed by atoms with Crippen molar-refractivity contribution in [2.24, 2.45) is 0 Å². The van der Waals surface area contributed by atoms with E-state index < -0.39 is 52.8 Å². The third-order valence-electron chi connectivity index (χ3n) is 4.27. The Kier molecular flexibility index (Phi) is 5.87. The van der Waals surface area contributed by atoms with Gasteiger partial charge in [-0.3, -0.25) is 14.3 Å². The Morgan fingerprint density at radius 2 is 2.07 bits per heavy atom. The van der Waals surface area contributed by atoms with E-state index in [9.17, 15) is 31.2 Å². The summed E-state index contributed by atoms with van der Waals surface area (Å²) in [6, 6.07) is 1.85. The third kappa shape index (κ3) is 5.37. The molecule has 0 aromatic carbocycles. The summed E-state index contributed by atoms with van der Waals surface area (Å²) in [4.78, 5) is 23.8. The van der Waals surface area contributed by atoms with E-state index in [1.807, 2.05) is 0 Å². The van der Waals surface area contributed by atoms with E-state index in [1.54, 1.807) is 13.0 Å². The molecule has 1 fully saturated rings. The van der Waals surface area contributed by atoms with Crippen molar-refractivity contribution >= 4 is 27.5 Å². The summed E-state index contributed by atoms with van der Waals surface area (Å²) in [6.07, 6.45) is -3.29. The van der Waals surface area contributed by atoms with Crippen LogP contribution in [-0.2, 0) is 36.9 Å². The van der Waals surface area contributed by atoms with Crippen LogP contribution in [0.4, 0.5) is 19.0 Å². The summed E-state index contributed by atoms with van der Waals surface area (Å²) in [5, 5.41) is 9.92. The van der Waals surface area contributed by atoms with Gasteiger partial charge in [0.25, 0.3) is 5.91 Å². The van der Waals surface area contributed by atoms with E-state index in [1.165, 1.54) is 4.68 Å². The summed E-state index contributed by atoms with van der Waals surface area (Å²) in [5.74, 6) is -1.45. The number of esters is 1. The van der Waals surface area contributed by atoms with Crippen LogP contribution in [0.5, 0.6) is 0 Å². The van der Waals surface area contributed by atoms with Gasteiger partial charge in [0.2, 0.25) is 0 Å². The van der Waals surface area contributed by atoms with Crippen molar-refractivity contribution in [2.45, 2.75) is 32.1 Å². The zero-order chi connectivity index (χ0) is 22.1. The fourth-order valence-electron chi connectivity index (χ4n) is 2.96. The number of aromatic nitrogens is 4. The molecule has 0 bridgehead atoms. The number of anilines is 1. The molecule has 164 valence electrons. The first-order chi connectivity index (χ1) is 13.9. The van der Waals surface area contributed by atoms with Gasteiger partial charge in [-0.25, -0.2) is 13.1 Å². The first-order valence-corrected chi connectivity index (χ1v) is 10.6. The molecular weight excluding hydrogens is 431 g/mol. The van der Waals surface area contributed by atoms with Crippen molar-refractivity contribution in [3.8, 4) is 0 Å². The van der Waals surface area contributed by atoms with Crippen molar-refractivity contribution < 1.29 is 35.9 Å². The van der Waals surface area contributed by atoms with Gasteiger partial charge in [0.1, 0.15) is 12.4 Å². The number of hydrogen-bond acceptors (Lipinski definition) is 7. The minimum atomic E-state index is -4.63. The molecule has 1 N–H and O–H groups in total. The van der Waals surface area contributed by atoms with Crippen LogP contribution in [0.3, 0.4) is 0 Å². The molecule has 1 unspecified atom stereocenters. The Balaban J connectivity index is 1.54. The van der Waals surface area contributed by atoms with Gasteiger partial charge in [0.05, 0.1) is 23.2 Å². The quantitative estimate of drug-likeness (QED) is 0.651. The van der Waals surface area contributed by atoms with Crippen molar-refractivity contribution in [1.29, 1.82) is 0 Å². The van der Waals surface area contributed by atoms with E-state index in [0.717, 1.165) is 10.9 Å². The Bertz CT molecular complexity index is 1060. The van der Waals surface area contributed by atoms with E-state index in [0.29, 0.717) is 18.2 Å². The number of sulfone groups is 1. The molecule has 1 aliphatic rings. The number of halogens is 3. The number of aryl methyl sites for hydroxylation is 1. The Morgan fingerprint density at radius 3 is 2.67 bits per heavy atom. The zero-order valence-corrected chi connectivity index (χ0v) is 16.5. The molecule has 0 saturated carbocycles. The molecule has 2 aromatic rings. The van der Waals surface area contributed by atoms with Gasteiger partial charge in [-0.1, -0.05) is 0 Å². The summed E-state index contributed by atoms with van der Waals surface area (Å²) >= 11 is 0. The summed E-state index contributed by atoms with van der Waals surface area (Å²) in [5.41, 5.74) is -0.587. The predicted molar refractivity (Wildman–Crippen MR) is 96.1 cm³/mol. The first kappa shape index (κ1) is 21.8. The molecule has 10 nitrogen and oxygen atoms in total. The monoisotopic (exact) mass is 449 g/mol. The maximum atomic E-state index is 12.5. The second kappa shape index (κ2) is 8.08. The number of amides is 1. The fraction of sp³-hybridized carbons (Fsp3) is 0.500. The molecule has 1 saturated heterocycles. The highest BCUT2D eigenvalue weighted by Gasteiger charge is 2.34. The lowest BCUT2D eigenvalue weighted by molar-refractivity contribution is -0.148. The molecular formula is C16H18F3N5O5S. The standard InChI is InChI=1S/C16H18F3N5O5S/c1-10-6-13(24(21-10)11-3-5-30(27,28)9-11)20-14(25)8-29-15(26)7-23-4-2-12(22-23)16(17,18)19/h2,4,6,11H,3,5,7-9H2,1H3,(H,20,25). The third-order valence-corrected chi connectivity index (χ3v) is 6.02. The Labute approximate surface area is 168 Å². The molecule has 1 aliphatic heterocycles. The summed E-state index contributed by atoms with van der Waals surface area (Å²) in [6.45, 7) is 0.397. The van der Waals surface area contributed by atoms with Crippen LogP contribution in [0.1, 0.15) is 23.9 Å². The first-order valence-electron chi connectivity index (χ1n) is 8.76. The predicted octanol–water partition coefficient (Wildman–Crippen LogP) is 0.948. The molecule has 3 heterocycles. The maximum Gasteiger partial charge on any atom is 0.435 e. The number of hydrogen-bond donors (Lipinski definition) is 1. The highest BCUT2D eigenvalue weighted by atomic mass is 32.2. The summed E-state index contributed by atoms with van der Waals surface area (Å²) < 4.78 is 67.8. The van der Waals surface area contributed by atoms with E-state index in [4.69, 9.17) is 4.74 Å². The lowest BCUT2D eigenvalue weighted by atomic mass is 10.3. The molecule has 1 atom stereocenters. The van der Waals surface area contributed by atoms with Crippen LogP contribution in [0.25, 0.3) is 0 Å². The van der Waals surface area contributed by atoms with Gasteiger partial charge >= 0.3 is 12.1 Å². The average Bonchev–Trinajstić information content (AvgIpc) is 3.31. The van der Waals surface area contributed by atoms with E-state index in [2.05, 4.69) is 15.5 Å². The largest absolute Gasteiger partial charge is 0.454 e. The van der Waals surface area contributed by atoms with Gasteiger partial charge < -0.3 is 10.1 Å². The highest BCUT2D eigenvalue weighted by Crippen LogP contribution is 2.28. The Morgan fingerprint density at radius 1 is 1.33 bits per heavy atom. The molecule has 14 heteroatoms. The number of rotatable bonds is 6. The van der Waals surface area contributed by atoms with Gasteiger partial charge in [-0.2, -0.15) is 23.4 Å². The second-order valence-electron chi connectivity index (χ2n) is 6.78. The Hall–Kier alpha value is -2.90. The van der Waals surface area contributed by atoms with E-state index >= 15 is 0 Å². The van der Waals surface area contributed by atoms with Crippen LogP contribution in [-0.4, -0.2) is 58.0 Å². The minimum Gasteiger partial charge on any atom is -0.454 e. The number of carbonyl (C=O) groups is 2. The van der Waals surface area contributed by atoms with Crippen molar-refractivity contribution in [2.75, 3.05) is 23.4 Å².